The Kier molecular flexibility index (Phi) is 5.21. The molecule has 1 N–H and O–H groups in total. The largest absolute Gasteiger partial charge is 0.466 e. The molecule has 1 atom stereocenters. The number of piperidine rings is 1. The third-order valence-electron chi connectivity index (χ3n) is 2.50. The fourth-order valence-corrected chi connectivity index (χ4v) is 2.28. The summed E-state index contributed by atoms with van der Waals surface area (Å²) in [6.07, 6.45) is 1.44. The van der Waals surface area contributed by atoms with Crippen LogP contribution in [0.5, 0.6) is 0 Å². The number of carbonyl (C=O) groups is 1. The Balaban J connectivity index is 2.29. The molecule has 15 heavy (non-hydrogen) atoms. The average molecular weight is 235 g/mol. The summed E-state index contributed by atoms with van der Waals surface area (Å²) >= 11 is -1.78. The molecule has 5 nitrogen and oxygen atoms in total. The van der Waals surface area contributed by atoms with Gasteiger partial charge in [-0.1, -0.05) is 0 Å². The van der Waals surface area contributed by atoms with Crippen LogP contribution in [0.2, 0.25) is 0 Å². The van der Waals surface area contributed by atoms with Crippen molar-refractivity contribution in [3.8, 4) is 0 Å². The lowest BCUT2D eigenvalue weighted by Gasteiger charge is -2.29. The van der Waals surface area contributed by atoms with Gasteiger partial charge in [0.05, 0.1) is 12.5 Å². The Bertz CT molecular complexity index is 238. The number of likely N-dealkylation sites (tertiary alicyclic amines) is 1. The van der Waals surface area contributed by atoms with Gasteiger partial charge in [-0.15, -0.1) is 0 Å². The molecule has 1 rings (SSSR count). The minimum atomic E-state index is -1.78. The van der Waals surface area contributed by atoms with E-state index in [1.165, 1.54) is 0 Å². The molecule has 0 aliphatic carbocycles. The summed E-state index contributed by atoms with van der Waals surface area (Å²) in [5.74, 6) is 0.00539. The molecule has 1 heterocycles. The van der Waals surface area contributed by atoms with Gasteiger partial charge in [0.1, 0.15) is 5.88 Å². The van der Waals surface area contributed by atoms with E-state index in [9.17, 15) is 9.00 Å². The van der Waals surface area contributed by atoms with E-state index in [2.05, 4.69) is 0 Å². The lowest BCUT2D eigenvalue weighted by molar-refractivity contribution is -0.149. The van der Waals surface area contributed by atoms with E-state index in [1.807, 2.05) is 4.90 Å². The summed E-state index contributed by atoms with van der Waals surface area (Å²) in [5.41, 5.74) is 0. The van der Waals surface area contributed by atoms with Gasteiger partial charge in [-0.05, 0) is 32.9 Å². The predicted octanol–water partition coefficient (Wildman–Crippen LogP) is 0.441. The number of carbonyl (C=O) groups excluding carboxylic acids is 1. The molecule has 1 aliphatic heterocycles. The molecule has 0 spiro atoms. The Morgan fingerprint density at radius 3 is 2.60 bits per heavy atom. The normalized spacial score (nSPS) is 21.2. The van der Waals surface area contributed by atoms with Crippen LogP contribution < -0.4 is 0 Å². The van der Waals surface area contributed by atoms with Crippen LogP contribution >= 0.6 is 0 Å². The zero-order chi connectivity index (χ0) is 11.3. The van der Waals surface area contributed by atoms with E-state index in [-0.39, 0.29) is 17.8 Å². The standard InChI is InChI=1S/C9H17NO4S/c1-2-14-9(11)8-3-5-10(6-4-8)7-15(12)13/h8H,2-7H2,1H3,(H,12,13). The van der Waals surface area contributed by atoms with Crippen LogP contribution in [0.25, 0.3) is 0 Å². The van der Waals surface area contributed by atoms with E-state index >= 15 is 0 Å². The molecule has 0 aromatic rings. The quantitative estimate of drug-likeness (QED) is 0.566. The van der Waals surface area contributed by atoms with Gasteiger partial charge in [-0.3, -0.25) is 9.69 Å². The third kappa shape index (κ3) is 4.27. The fourth-order valence-electron chi connectivity index (χ4n) is 1.71. The molecule has 1 unspecified atom stereocenters. The Morgan fingerprint density at radius 1 is 1.53 bits per heavy atom. The lowest BCUT2D eigenvalue weighted by Crippen LogP contribution is -2.38. The first-order valence-electron chi connectivity index (χ1n) is 5.10. The molecule has 0 aromatic carbocycles. The van der Waals surface area contributed by atoms with Crippen molar-refractivity contribution in [2.75, 3.05) is 25.6 Å². The van der Waals surface area contributed by atoms with Crippen LogP contribution in [0, 0.1) is 5.92 Å². The summed E-state index contributed by atoms with van der Waals surface area (Å²) in [5, 5.41) is 0. The van der Waals surface area contributed by atoms with Gasteiger partial charge in [0, 0.05) is 0 Å². The van der Waals surface area contributed by atoms with Crippen molar-refractivity contribution in [3.05, 3.63) is 0 Å². The Morgan fingerprint density at radius 2 is 2.13 bits per heavy atom. The second kappa shape index (κ2) is 6.19. The van der Waals surface area contributed by atoms with Crippen molar-refractivity contribution in [2.24, 2.45) is 5.92 Å². The summed E-state index contributed by atoms with van der Waals surface area (Å²) in [6.45, 7) is 3.59. The topological polar surface area (TPSA) is 66.8 Å². The summed E-state index contributed by atoms with van der Waals surface area (Å²) < 4.78 is 24.2. The Labute approximate surface area is 92.1 Å². The zero-order valence-corrected chi connectivity index (χ0v) is 9.66. The molecule has 0 amide bonds. The maximum Gasteiger partial charge on any atom is 0.309 e. The highest BCUT2D eigenvalue weighted by atomic mass is 32.2. The van der Waals surface area contributed by atoms with Crippen molar-refractivity contribution in [3.63, 3.8) is 0 Å². The summed E-state index contributed by atoms with van der Waals surface area (Å²) in [4.78, 5) is 13.3. The van der Waals surface area contributed by atoms with Crippen LogP contribution in [0.4, 0.5) is 0 Å². The average Bonchev–Trinajstić information content (AvgIpc) is 2.18. The van der Waals surface area contributed by atoms with Crippen LogP contribution in [-0.2, 0) is 20.6 Å². The number of hydrogen-bond acceptors (Lipinski definition) is 4. The van der Waals surface area contributed by atoms with Crippen molar-refractivity contribution in [1.29, 1.82) is 0 Å². The van der Waals surface area contributed by atoms with E-state index in [1.54, 1.807) is 6.92 Å². The molecular weight excluding hydrogens is 218 g/mol. The van der Waals surface area contributed by atoms with Crippen molar-refractivity contribution < 1.29 is 18.3 Å². The highest BCUT2D eigenvalue weighted by Gasteiger charge is 2.26. The summed E-state index contributed by atoms with van der Waals surface area (Å²) in [6, 6.07) is 0. The number of rotatable bonds is 4. The van der Waals surface area contributed by atoms with Gasteiger partial charge in [0.15, 0.2) is 11.1 Å². The Hall–Kier alpha value is -0.460. The van der Waals surface area contributed by atoms with E-state index < -0.39 is 11.1 Å². The minimum Gasteiger partial charge on any atom is -0.466 e. The van der Waals surface area contributed by atoms with Gasteiger partial charge in [-0.25, -0.2) is 4.21 Å². The number of hydrogen-bond donors (Lipinski definition) is 1. The van der Waals surface area contributed by atoms with Gasteiger partial charge >= 0.3 is 5.97 Å². The van der Waals surface area contributed by atoms with Gasteiger partial charge in [-0.2, -0.15) is 0 Å². The van der Waals surface area contributed by atoms with E-state index in [4.69, 9.17) is 9.29 Å². The molecule has 1 fully saturated rings. The molecule has 0 bridgehead atoms. The van der Waals surface area contributed by atoms with Gasteiger partial charge in [0.2, 0.25) is 0 Å². The number of nitrogens with zero attached hydrogens (tertiary/aromatic N) is 1. The second-order valence-electron chi connectivity index (χ2n) is 3.59. The molecule has 0 radical (unpaired) electrons. The van der Waals surface area contributed by atoms with Crippen LogP contribution in [0.3, 0.4) is 0 Å². The maximum atomic E-state index is 11.4. The number of ether oxygens (including phenoxy) is 1. The number of esters is 1. The second-order valence-corrected chi connectivity index (χ2v) is 4.50. The maximum absolute atomic E-state index is 11.4. The first-order chi connectivity index (χ1) is 7.13. The zero-order valence-electron chi connectivity index (χ0n) is 8.85. The molecule has 88 valence electrons. The molecule has 0 saturated carbocycles. The SMILES string of the molecule is CCOC(=O)C1CCN(CS(=O)O)CC1. The van der Waals surface area contributed by atoms with Gasteiger partial charge < -0.3 is 9.29 Å². The van der Waals surface area contributed by atoms with Crippen molar-refractivity contribution >= 4 is 17.0 Å². The lowest BCUT2D eigenvalue weighted by atomic mass is 9.97. The van der Waals surface area contributed by atoms with Crippen LogP contribution in [0.1, 0.15) is 19.8 Å². The molecular formula is C9H17NO4S. The smallest absolute Gasteiger partial charge is 0.309 e. The molecule has 1 aliphatic rings. The van der Waals surface area contributed by atoms with E-state index in [0.717, 1.165) is 12.8 Å². The van der Waals surface area contributed by atoms with Crippen molar-refractivity contribution in [2.45, 2.75) is 19.8 Å². The minimum absolute atomic E-state index is 0.0340. The first kappa shape index (κ1) is 12.6. The fraction of sp³-hybridized carbons (Fsp3) is 0.889. The highest BCUT2D eigenvalue weighted by Crippen LogP contribution is 2.18. The monoisotopic (exact) mass is 235 g/mol. The van der Waals surface area contributed by atoms with E-state index in [0.29, 0.717) is 19.7 Å². The predicted molar refractivity (Wildman–Crippen MR) is 56.6 cm³/mol. The van der Waals surface area contributed by atoms with Crippen LogP contribution in [-0.4, -0.2) is 45.2 Å². The first-order valence-corrected chi connectivity index (χ1v) is 6.37. The highest BCUT2D eigenvalue weighted by molar-refractivity contribution is 7.79. The molecule has 0 aromatic heterocycles. The molecule has 6 heteroatoms. The molecule has 1 saturated heterocycles. The summed E-state index contributed by atoms with van der Waals surface area (Å²) in [7, 11) is 0. The van der Waals surface area contributed by atoms with Crippen molar-refractivity contribution in [1.82, 2.24) is 4.90 Å². The van der Waals surface area contributed by atoms with Crippen LogP contribution in [0.15, 0.2) is 0 Å². The third-order valence-corrected chi connectivity index (χ3v) is 3.09. The van der Waals surface area contributed by atoms with Gasteiger partial charge in [0.25, 0.3) is 0 Å².